The highest BCUT2D eigenvalue weighted by molar-refractivity contribution is 5.96. The van der Waals surface area contributed by atoms with Gasteiger partial charge in [-0.1, -0.05) is 38.1 Å². The number of carbonyl (C=O) groups excluding carboxylic acids is 1. The molecule has 0 fully saturated rings. The van der Waals surface area contributed by atoms with Gasteiger partial charge in [0.1, 0.15) is 0 Å². The van der Waals surface area contributed by atoms with Crippen LogP contribution < -0.4 is 4.90 Å². The van der Waals surface area contributed by atoms with Gasteiger partial charge in [-0.15, -0.1) is 0 Å². The lowest BCUT2D eigenvalue weighted by Gasteiger charge is -2.38. The fraction of sp³-hybridized carbons (Fsp3) is 0.292. The summed E-state index contributed by atoms with van der Waals surface area (Å²) >= 11 is 0. The fourth-order valence-electron chi connectivity index (χ4n) is 3.96. The lowest BCUT2D eigenvalue weighted by Crippen LogP contribution is -2.34. The Morgan fingerprint density at radius 2 is 1.63 bits per heavy atom. The van der Waals surface area contributed by atoms with Gasteiger partial charge in [0.25, 0.3) is 0 Å². The third-order valence-electron chi connectivity index (χ3n) is 5.80. The number of nitrogens with zero attached hydrogens (tertiary/aromatic N) is 1. The van der Waals surface area contributed by atoms with E-state index in [1.165, 1.54) is 29.5 Å². The molecule has 3 heteroatoms. The molecule has 138 valence electrons. The summed E-state index contributed by atoms with van der Waals surface area (Å²) in [6.45, 7) is 5.76. The molecule has 0 saturated heterocycles. The van der Waals surface area contributed by atoms with Crippen molar-refractivity contribution in [2.45, 2.75) is 25.7 Å². The summed E-state index contributed by atoms with van der Waals surface area (Å²) < 4.78 is 4.82. The van der Waals surface area contributed by atoms with Crippen molar-refractivity contribution in [1.29, 1.82) is 0 Å². The van der Waals surface area contributed by atoms with Crippen LogP contribution in [0.15, 0.2) is 54.6 Å². The molecule has 0 N–H and O–H groups in total. The number of anilines is 1. The van der Waals surface area contributed by atoms with Crippen molar-refractivity contribution in [1.82, 2.24) is 0 Å². The Hall–Kier alpha value is -2.81. The largest absolute Gasteiger partial charge is 0.465 e. The zero-order valence-corrected chi connectivity index (χ0v) is 16.4. The van der Waals surface area contributed by atoms with E-state index in [4.69, 9.17) is 4.74 Å². The summed E-state index contributed by atoms with van der Waals surface area (Å²) in [6, 6.07) is 18.9. The first-order valence-corrected chi connectivity index (χ1v) is 9.37. The molecular weight excluding hydrogens is 334 g/mol. The molecule has 0 aliphatic carbocycles. The number of rotatable bonds is 2. The van der Waals surface area contributed by atoms with E-state index < -0.39 is 0 Å². The number of benzene rings is 3. The Morgan fingerprint density at radius 1 is 0.963 bits per heavy atom. The van der Waals surface area contributed by atoms with E-state index in [9.17, 15) is 4.79 Å². The molecule has 0 unspecified atom stereocenters. The van der Waals surface area contributed by atoms with Crippen molar-refractivity contribution in [2.24, 2.45) is 0 Å². The lowest BCUT2D eigenvalue weighted by atomic mass is 9.77. The average Bonchev–Trinajstić information content (AvgIpc) is 2.69. The maximum atomic E-state index is 11.7. The maximum absolute atomic E-state index is 11.7. The van der Waals surface area contributed by atoms with Gasteiger partial charge >= 0.3 is 5.97 Å². The second-order valence-electron chi connectivity index (χ2n) is 8.06. The molecule has 1 aliphatic rings. The minimum Gasteiger partial charge on any atom is -0.465 e. The molecule has 27 heavy (non-hydrogen) atoms. The summed E-state index contributed by atoms with van der Waals surface area (Å²) in [6.07, 6.45) is 1.16. The molecule has 4 rings (SSSR count). The zero-order chi connectivity index (χ0) is 19.2. The molecule has 3 aromatic carbocycles. The van der Waals surface area contributed by atoms with Crippen molar-refractivity contribution in [2.75, 3.05) is 25.6 Å². The molecule has 0 atom stereocenters. The highest BCUT2D eigenvalue weighted by Crippen LogP contribution is 2.41. The third kappa shape index (κ3) is 3.08. The minimum absolute atomic E-state index is 0.185. The minimum atomic E-state index is -0.304. The second-order valence-corrected chi connectivity index (χ2v) is 8.06. The molecular formula is C24H25NO2. The van der Waals surface area contributed by atoms with Gasteiger partial charge in [-0.25, -0.2) is 4.79 Å². The predicted octanol–water partition coefficient (Wildman–Crippen LogP) is 5.41. The monoisotopic (exact) mass is 359 g/mol. The normalized spacial score (nSPS) is 15.5. The summed E-state index contributed by atoms with van der Waals surface area (Å²) in [5.74, 6) is -0.304. The van der Waals surface area contributed by atoms with E-state index in [0.717, 1.165) is 23.7 Å². The van der Waals surface area contributed by atoms with E-state index in [2.05, 4.69) is 62.2 Å². The quantitative estimate of drug-likeness (QED) is 0.573. The van der Waals surface area contributed by atoms with Crippen LogP contribution in [0.2, 0.25) is 0 Å². The van der Waals surface area contributed by atoms with Crippen LogP contribution in [0.3, 0.4) is 0 Å². The van der Waals surface area contributed by atoms with Gasteiger partial charge in [0.2, 0.25) is 0 Å². The van der Waals surface area contributed by atoms with E-state index in [1.54, 1.807) is 0 Å². The number of esters is 1. The van der Waals surface area contributed by atoms with Gasteiger partial charge in [-0.05, 0) is 69.6 Å². The SMILES string of the molecule is COC(=O)c1ccc2cc(-c3ccc4c(c3)C(C)(C)CCN4C)ccc2c1. The highest BCUT2D eigenvalue weighted by atomic mass is 16.5. The number of methoxy groups -OCH3 is 1. The number of fused-ring (bicyclic) bond motifs is 2. The smallest absolute Gasteiger partial charge is 0.337 e. The molecule has 0 spiro atoms. The van der Waals surface area contributed by atoms with E-state index >= 15 is 0 Å². The first-order chi connectivity index (χ1) is 12.9. The van der Waals surface area contributed by atoms with Crippen LogP contribution in [0.4, 0.5) is 5.69 Å². The molecule has 0 radical (unpaired) electrons. The highest BCUT2D eigenvalue weighted by Gasteiger charge is 2.30. The van der Waals surface area contributed by atoms with Crippen molar-refractivity contribution in [3.8, 4) is 11.1 Å². The lowest BCUT2D eigenvalue weighted by molar-refractivity contribution is 0.0601. The summed E-state index contributed by atoms with van der Waals surface area (Å²) in [5, 5.41) is 2.16. The first kappa shape index (κ1) is 17.6. The average molecular weight is 359 g/mol. The van der Waals surface area contributed by atoms with Crippen molar-refractivity contribution in [3.63, 3.8) is 0 Å². The van der Waals surface area contributed by atoms with Gasteiger partial charge < -0.3 is 9.64 Å². The van der Waals surface area contributed by atoms with Crippen LogP contribution in [0, 0.1) is 0 Å². The van der Waals surface area contributed by atoms with Crippen molar-refractivity contribution >= 4 is 22.4 Å². The molecule has 1 heterocycles. The molecule has 3 nitrogen and oxygen atoms in total. The van der Waals surface area contributed by atoms with Gasteiger partial charge in [-0.3, -0.25) is 0 Å². The topological polar surface area (TPSA) is 29.5 Å². The molecule has 0 saturated carbocycles. The Morgan fingerprint density at radius 3 is 2.41 bits per heavy atom. The van der Waals surface area contributed by atoms with E-state index in [1.807, 2.05) is 18.2 Å². The van der Waals surface area contributed by atoms with Crippen molar-refractivity contribution < 1.29 is 9.53 Å². The Bertz CT molecular complexity index is 1040. The molecule has 0 amide bonds. The third-order valence-corrected chi connectivity index (χ3v) is 5.80. The molecule has 1 aliphatic heterocycles. The van der Waals surface area contributed by atoms with Crippen molar-refractivity contribution in [3.05, 3.63) is 65.7 Å². The molecule has 3 aromatic rings. The molecule has 0 bridgehead atoms. The van der Waals surface area contributed by atoms with Gasteiger partial charge in [-0.2, -0.15) is 0 Å². The standard InChI is InChI=1S/C24H25NO2/c1-24(2)11-12-25(3)22-10-9-19(15-21(22)24)17-5-6-18-14-20(23(26)27-4)8-7-16(18)13-17/h5-10,13-15H,11-12H2,1-4H3. The van der Waals surface area contributed by atoms with Gasteiger partial charge in [0, 0.05) is 19.3 Å². The van der Waals surface area contributed by atoms with Crippen LogP contribution in [0.5, 0.6) is 0 Å². The van der Waals surface area contributed by atoms with Crippen LogP contribution in [0.1, 0.15) is 36.2 Å². The summed E-state index contributed by atoms with van der Waals surface area (Å²) in [7, 11) is 3.58. The molecule has 0 aromatic heterocycles. The number of hydrogen-bond donors (Lipinski definition) is 0. The van der Waals surface area contributed by atoms with Crippen LogP contribution in [0.25, 0.3) is 21.9 Å². The van der Waals surface area contributed by atoms with Gasteiger partial charge in [0.05, 0.1) is 12.7 Å². The Balaban J connectivity index is 1.77. The second kappa shape index (κ2) is 6.41. The van der Waals surface area contributed by atoms with Gasteiger partial charge in [0.15, 0.2) is 0 Å². The maximum Gasteiger partial charge on any atom is 0.337 e. The van der Waals surface area contributed by atoms with Crippen LogP contribution in [-0.2, 0) is 10.2 Å². The van der Waals surface area contributed by atoms with E-state index in [0.29, 0.717) is 5.56 Å². The number of hydrogen-bond acceptors (Lipinski definition) is 3. The zero-order valence-electron chi connectivity index (χ0n) is 16.4. The van der Waals surface area contributed by atoms with Crippen LogP contribution >= 0.6 is 0 Å². The fourth-order valence-corrected chi connectivity index (χ4v) is 3.96. The Kier molecular flexibility index (Phi) is 4.18. The first-order valence-electron chi connectivity index (χ1n) is 9.37. The number of carbonyl (C=O) groups is 1. The van der Waals surface area contributed by atoms with E-state index in [-0.39, 0.29) is 11.4 Å². The summed E-state index contributed by atoms with van der Waals surface area (Å²) in [4.78, 5) is 14.1. The Labute approximate surface area is 160 Å². The number of ether oxygens (including phenoxy) is 1. The predicted molar refractivity (Wildman–Crippen MR) is 112 cm³/mol. The summed E-state index contributed by atoms with van der Waals surface area (Å²) in [5.41, 5.74) is 5.94. The van der Waals surface area contributed by atoms with Crippen LogP contribution in [-0.4, -0.2) is 26.7 Å².